The van der Waals surface area contributed by atoms with E-state index in [2.05, 4.69) is 0 Å². The van der Waals surface area contributed by atoms with Crippen molar-refractivity contribution in [2.24, 2.45) is 0 Å². The molecule has 2 nitrogen and oxygen atoms in total. The third-order valence-electron chi connectivity index (χ3n) is 2.80. The number of allylic oxidation sites excluding steroid dienone is 1. The summed E-state index contributed by atoms with van der Waals surface area (Å²) in [5, 5.41) is 0. The van der Waals surface area contributed by atoms with Crippen molar-refractivity contribution in [3.63, 3.8) is 0 Å². The predicted octanol–water partition coefficient (Wildman–Crippen LogP) is 3.63. The van der Waals surface area contributed by atoms with Gasteiger partial charge in [0.05, 0.1) is 6.61 Å². The SMILES string of the molecule is CCOC(=O)/C(C)=C(/C)c1cc(F)c(C)cc1F. The van der Waals surface area contributed by atoms with Gasteiger partial charge in [0, 0.05) is 11.1 Å². The Morgan fingerprint density at radius 2 is 1.83 bits per heavy atom. The zero-order chi connectivity index (χ0) is 13.9. The summed E-state index contributed by atoms with van der Waals surface area (Å²) in [5.74, 6) is -1.56. The van der Waals surface area contributed by atoms with Gasteiger partial charge in [0.1, 0.15) is 11.6 Å². The van der Waals surface area contributed by atoms with Crippen molar-refractivity contribution in [2.75, 3.05) is 6.61 Å². The molecule has 0 saturated carbocycles. The lowest BCUT2D eigenvalue weighted by atomic mass is 10.00. The molecule has 4 heteroatoms. The van der Waals surface area contributed by atoms with Gasteiger partial charge in [0.2, 0.25) is 0 Å². The molecule has 0 aliphatic rings. The average molecular weight is 254 g/mol. The van der Waals surface area contributed by atoms with Crippen LogP contribution in [0.5, 0.6) is 0 Å². The van der Waals surface area contributed by atoms with E-state index in [0.717, 1.165) is 12.1 Å². The quantitative estimate of drug-likeness (QED) is 0.608. The summed E-state index contributed by atoms with van der Waals surface area (Å²) in [6.07, 6.45) is 0. The second-order valence-corrected chi connectivity index (χ2v) is 4.05. The minimum atomic E-state index is -0.546. The van der Waals surface area contributed by atoms with E-state index in [1.807, 2.05) is 0 Å². The summed E-state index contributed by atoms with van der Waals surface area (Å²) in [6, 6.07) is 2.22. The third-order valence-corrected chi connectivity index (χ3v) is 2.80. The number of benzene rings is 1. The number of ether oxygens (including phenoxy) is 1. The molecule has 0 heterocycles. The predicted molar refractivity (Wildman–Crippen MR) is 66.0 cm³/mol. The fourth-order valence-electron chi connectivity index (χ4n) is 1.53. The molecule has 0 N–H and O–H groups in total. The number of esters is 1. The summed E-state index contributed by atoms with van der Waals surface area (Å²) < 4.78 is 32.0. The molecule has 1 aromatic rings. The molecule has 0 aliphatic carbocycles. The first-order valence-electron chi connectivity index (χ1n) is 5.69. The van der Waals surface area contributed by atoms with E-state index in [1.54, 1.807) is 13.8 Å². The highest BCUT2D eigenvalue weighted by atomic mass is 19.1. The molecule has 0 unspecified atom stereocenters. The summed E-state index contributed by atoms with van der Waals surface area (Å²) in [5.41, 5.74) is 0.977. The lowest BCUT2D eigenvalue weighted by molar-refractivity contribution is -0.138. The van der Waals surface area contributed by atoms with Crippen molar-refractivity contribution in [3.8, 4) is 0 Å². The van der Waals surface area contributed by atoms with Gasteiger partial charge in [-0.1, -0.05) is 0 Å². The maximum absolute atomic E-state index is 13.7. The van der Waals surface area contributed by atoms with Crippen molar-refractivity contribution in [1.29, 1.82) is 0 Å². The Bertz CT molecular complexity index is 505. The second kappa shape index (κ2) is 5.76. The first-order chi connectivity index (χ1) is 8.38. The lowest BCUT2D eigenvalue weighted by Gasteiger charge is -2.10. The number of rotatable bonds is 3. The smallest absolute Gasteiger partial charge is 0.333 e. The number of hydrogen-bond donors (Lipinski definition) is 0. The van der Waals surface area contributed by atoms with Crippen LogP contribution in [0.3, 0.4) is 0 Å². The van der Waals surface area contributed by atoms with Gasteiger partial charge in [-0.05, 0) is 51.0 Å². The molecule has 0 fully saturated rings. The molecule has 1 rings (SSSR count). The Hall–Kier alpha value is -1.71. The maximum Gasteiger partial charge on any atom is 0.333 e. The average Bonchev–Trinajstić information content (AvgIpc) is 2.32. The molecule has 0 aliphatic heterocycles. The van der Waals surface area contributed by atoms with Crippen LogP contribution in [0.25, 0.3) is 5.57 Å². The Kier molecular flexibility index (Phi) is 4.59. The minimum absolute atomic E-state index is 0.0867. The van der Waals surface area contributed by atoms with Crippen LogP contribution in [0.2, 0.25) is 0 Å². The molecular formula is C14H16F2O2. The van der Waals surface area contributed by atoms with E-state index < -0.39 is 17.6 Å². The van der Waals surface area contributed by atoms with Crippen LogP contribution >= 0.6 is 0 Å². The van der Waals surface area contributed by atoms with Gasteiger partial charge in [0.25, 0.3) is 0 Å². The zero-order valence-corrected chi connectivity index (χ0v) is 10.9. The van der Waals surface area contributed by atoms with E-state index in [4.69, 9.17) is 4.74 Å². The largest absolute Gasteiger partial charge is 0.463 e. The summed E-state index contributed by atoms with van der Waals surface area (Å²) >= 11 is 0. The van der Waals surface area contributed by atoms with E-state index >= 15 is 0 Å². The van der Waals surface area contributed by atoms with Gasteiger partial charge in [-0.25, -0.2) is 13.6 Å². The molecule has 0 radical (unpaired) electrons. The zero-order valence-electron chi connectivity index (χ0n) is 10.9. The first kappa shape index (κ1) is 14.4. The fourth-order valence-corrected chi connectivity index (χ4v) is 1.53. The topological polar surface area (TPSA) is 26.3 Å². The van der Waals surface area contributed by atoms with Crippen molar-refractivity contribution in [1.82, 2.24) is 0 Å². The van der Waals surface area contributed by atoms with Crippen molar-refractivity contribution < 1.29 is 18.3 Å². The molecule has 0 aromatic heterocycles. The fraction of sp³-hybridized carbons (Fsp3) is 0.357. The van der Waals surface area contributed by atoms with Crippen LogP contribution in [-0.4, -0.2) is 12.6 Å². The highest BCUT2D eigenvalue weighted by molar-refractivity contribution is 5.96. The van der Waals surface area contributed by atoms with Crippen LogP contribution in [0.15, 0.2) is 17.7 Å². The van der Waals surface area contributed by atoms with Gasteiger partial charge in [-0.15, -0.1) is 0 Å². The van der Waals surface area contributed by atoms with E-state index in [0.29, 0.717) is 5.57 Å². The van der Waals surface area contributed by atoms with Crippen molar-refractivity contribution in [3.05, 3.63) is 40.5 Å². The van der Waals surface area contributed by atoms with E-state index in [9.17, 15) is 13.6 Å². The van der Waals surface area contributed by atoms with Gasteiger partial charge >= 0.3 is 5.97 Å². The van der Waals surface area contributed by atoms with Crippen LogP contribution < -0.4 is 0 Å². The monoisotopic (exact) mass is 254 g/mol. The molecule has 0 amide bonds. The van der Waals surface area contributed by atoms with Crippen LogP contribution in [0, 0.1) is 18.6 Å². The standard InChI is InChI=1S/C14H16F2O2/c1-5-18-14(17)10(4)9(3)11-7-12(15)8(2)6-13(11)16/h6-7H,5H2,1-4H3/b10-9-. The number of aryl methyl sites for hydroxylation is 1. The van der Waals surface area contributed by atoms with Crippen molar-refractivity contribution >= 4 is 11.5 Å². The Labute approximate surface area is 105 Å². The van der Waals surface area contributed by atoms with E-state index in [1.165, 1.54) is 13.8 Å². The number of carbonyl (C=O) groups is 1. The van der Waals surface area contributed by atoms with Gasteiger partial charge in [0.15, 0.2) is 0 Å². The molecule has 0 atom stereocenters. The minimum Gasteiger partial charge on any atom is -0.463 e. The number of halogens is 2. The van der Waals surface area contributed by atoms with Gasteiger partial charge in [-0.3, -0.25) is 0 Å². The van der Waals surface area contributed by atoms with Crippen LogP contribution in [0.4, 0.5) is 8.78 Å². The Morgan fingerprint density at radius 1 is 1.22 bits per heavy atom. The molecule has 0 spiro atoms. The summed E-state index contributed by atoms with van der Waals surface area (Å²) in [7, 11) is 0. The summed E-state index contributed by atoms with van der Waals surface area (Å²) in [6.45, 7) is 6.52. The first-order valence-corrected chi connectivity index (χ1v) is 5.69. The molecule has 1 aromatic carbocycles. The highest BCUT2D eigenvalue weighted by Crippen LogP contribution is 2.24. The normalized spacial score (nSPS) is 12.1. The second-order valence-electron chi connectivity index (χ2n) is 4.05. The Morgan fingerprint density at radius 3 is 2.39 bits per heavy atom. The molecule has 18 heavy (non-hydrogen) atoms. The van der Waals surface area contributed by atoms with Crippen molar-refractivity contribution in [2.45, 2.75) is 27.7 Å². The molecular weight excluding hydrogens is 238 g/mol. The number of hydrogen-bond acceptors (Lipinski definition) is 2. The van der Waals surface area contributed by atoms with E-state index in [-0.39, 0.29) is 23.3 Å². The highest BCUT2D eigenvalue weighted by Gasteiger charge is 2.14. The van der Waals surface area contributed by atoms with Crippen LogP contribution in [0.1, 0.15) is 31.9 Å². The third kappa shape index (κ3) is 2.94. The molecule has 0 bridgehead atoms. The molecule has 98 valence electrons. The maximum atomic E-state index is 13.7. The number of carbonyl (C=O) groups excluding carboxylic acids is 1. The summed E-state index contributed by atoms with van der Waals surface area (Å²) in [4.78, 5) is 11.5. The van der Waals surface area contributed by atoms with Gasteiger partial charge < -0.3 is 4.74 Å². The van der Waals surface area contributed by atoms with Gasteiger partial charge in [-0.2, -0.15) is 0 Å². The Balaban J connectivity index is 3.25. The lowest BCUT2D eigenvalue weighted by Crippen LogP contribution is -2.07. The van der Waals surface area contributed by atoms with Crippen LogP contribution in [-0.2, 0) is 9.53 Å². The molecule has 0 saturated heterocycles.